The van der Waals surface area contributed by atoms with Crippen molar-refractivity contribution in [2.24, 2.45) is 0 Å². The number of amides is 1. The smallest absolute Gasteiger partial charge is 0.253 e. The van der Waals surface area contributed by atoms with Gasteiger partial charge in [-0.1, -0.05) is 29.3 Å². The molecule has 0 unspecified atom stereocenters. The first-order chi connectivity index (χ1) is 8.69. The number of nitrogens with zero attached hydrogens (tertiary/aromatic N) is 1. The van der Waals surface area contributed by atoms with Crippen molar-refractivity contribution in [1.29, 1.82) is 0 Å². The second-order valence-corrected chi connectivity index (χ2v) is 4.94. The highest BCUT2D eigenvalue weighted by molar-refractivity contribution is 9.09. The summed E-state index contributed by atoms with van der Waals surface area (Å²) in [6.45, 7) is 3.56. The second kappa shape index (κ2) is 8.14. The van der Waals surface area contributed by atoms with Gasteiger partial charge in [-0.05, 0) is 30.7 Å². The molecule has 0 aliphatic heterocycles. The fourth-order valence-electron chi connectivity index (χ4n) is 1.48. The van der Waals surface area contributed by atoms with Crippen LogP contribution in [0.2, 0.25) is 0 Å². The fourth-order valence-corrected chi connectivity index (χ4v) is 2.01. The number of halogens is 1. The summed E-state index contributed by atoms with van der Waals surface area (Å²) in [5, 5.41) is 0.785. The lowest BCUT2D eigenvalue weighted by atomic mass is 10.2. The summed E-state index contributed by atoms with van der Waals surface area (Å²) in [4.78, 5) is 13.7. The Bertz CT molecular complexity index is 365. The Balaban J connectivity index is 2.56. The van der Waals surface area contributed by atoms with Gasteiger partial charge in [-0.25, -0.2) is 0 Å². The average Bonchev–Trinajstić information content (AvgIpc) is 2.39. The van der Waals surface area contributed by atoms with Crippen molar-refractivity contribution in [3.63, 3.8) is 0 Å². The SMILES string of the molecule is CCCCOc1ccc(C(=O)N(C)CCBr)cc1. The molecule has 0 aromatic heterocycles. The number of alkyl halides is 1. The van der Waals surface area contributed by atoms with E-state index in [1.54, 1.807) is 11.9 Å². The highest BCUT2D eigenvalue weighted by Gasteiger charge is 2.10. The number of hydrogen-bond acceptors (Lipinski definition) is 2. The van der Waals surface area contributed by atoms with Crippen LogP contribution in [0.3, 0.4) is 0 Å². The third kappa shape index (κ3) is 4.69. The molecule has 0 bridgehead atoms. The maximum absolute atomic E-state index is 12.0. The van der Waals surface area contributed by atoms with E-state index in [2.05, 4.69) is 22.9 Å². The molecule has 0 heterocycles. The number of ether oxygens (including phenoxy) is 1. The summed E-state index contributed by atoms with van der Waals surface area (Å²) in [7, 11) is 1.80. The van der Waals surface area contributed by atoms with Gasteiger partial charge < -0.3 is 9.64 Å². The van der Waals surface area contributed by atoms with Crippen LogP contribution < -0.4 is 4.74 Å². The van der Waals surface area contributed by atoms with Gasteiger partial charge in [0, 0.05) is 24.5 Å². The Morgan fingerprint density at radius 3 is 2.56 bits per heavy atom. The van der Waals surface area contributed by atoms with Crippen LogP contribution in [0.25, 0.3) is 0 Å². The Labute approximate surface area is 117 Å². The minimum Gasteiger partial charge on any atom is -0.494 e. The number of carbonyl (C=O) groups is 1. The van der Waals surface area contributed by atoms with Crippen LogP contribution in [0, 0.1) is 0 Å². The van der Waals surface area contributed by atoms with Crippen molar-refractivity contribution in [3.8, 4) is 5.75 Å². The van der Waals surface area contributed by atoms with Crippen LogP contribution in [0.5, 0.6) is 5.75 Å². The molecule has 0 aliphatic rings. The zero-order valence-electron chi connectivity index (χ0n) is 11.0. The molecule has 0 atom stereocenters. The van der Waals surface area contributed by atoms with Crippen LogP contribution in [0.15, 0.2) is 24.3 Å². The molecular weight excluding hydrogens is 294 g/mol. The fraction of sp³-hybridized carbons (Fsp3) is 0.500. The van der Waals surface area contributed by atoms with Crippen molar-refractivity contribution < 1.29 is 9.53 Å². The van der Waals surface area contributed by atoms with Gasteiger partial charge in [0.15, 0.2) is 0 Å². The van der Waals surface area contributed by atoms with Gasteiger partial charge in [-0.15, -0.1) is 0 Å². The Hall–Kier alpha value is -1.03. The maximum atomic E-state index is 12.0. The predicted molar refractivity (Wildman–Crippen MR) is 77.6 cm³/mol. The first-order valence-electron chi connectivity index (χ1n) is 6.23. The van der Waals surface area contributed by atoms with E-state index in [1.807, 2.05) is 24.3 Å². The molecule has 1 amide bonds. The molecule has 100 valence electrons. The zero-order valence-corrected chi connectivity index (χ0v) is 12.6. The number of benzene rings is 1. The minimum atomic E-state index is 0.0366. The molecular formula is C14H20BrNO2. The number of carbonyl (C=O) groups excluding carboxylic acids is 1. The number of unbranched alkanes of at least 4 members (excludes halogenated alkanes) is 1. The molecule has 0 spiro atoms. The molecule has 1 aromatic carbocycles. The molecule has 4 heteroatoms. The molecule has 0 aliphatic carbocycles. The van der Waals surface area contributed by atoms with E-state index in [-0.39, 0.29) is 5.91 Å². The van der Waals surface area contributed by atoms with E-state index in [0.29, 0.717) is 12.1 Å². The molecule has 0 saturated carbocycles. The van der Waals surface area contributed by atoms with Crippen molar-refractivity contribution >= 4 is 21.8 Å². The summed E-state index contributed by atoms with van der Waals surface area (Å²) in [5.74, 6) is 0.859. The van der Waals surface area contributed by atoms with Gasteiger partial charge in [0.2, 0.25) is 0 Å². The second-order valence-electron chi connectivity index (χ2n) is 4.14. The summed E-state index contributed by atoms with van der Waals surface area (Å²) in [6, 6.07) is 7.33. The van der Waals surface area contributed by atoms with Crippen molar-refractivity contribution in [2.75, 3.05) is 25.5 Å². The quantitative estimate of drug-likeness (QED) is 0.571. The summed E-state index contributed by atoms with van der Waals surface area (Å²) < 4.78 is 5.56. The molecule has 0 radical (unpaired) electrons. The third-order valence-electron chi connectivity index (χ3n) is 2.63. The number of rotatable bonds is 7. The molecule has 1 aromatic rings. The van der Waals surface area contributed by atoms with Gasteiger partial charge in [0.25, 0.3) is 5.91 Å². The Morgan fingerprint density at radius 1 is 1.33 bits per heavy atom. The Kier molecular flexibility index (Phi) is 6.80. The zero-order chi connectivity index (χ0) is 13.4. The van der Waals surface area contributed by atoms with Crippen molar-refractivity contribution in [3.05, 3.63) is 29.8 Å². The first kappa shape index (κ1) is 15.0. The van der Waals surface area contributed by atoms with Crippen molar-refractivity contribution in [1.82, 2.24) is 4.90 Å². The van der Waals surface area contributed by atoms with Crippen LogP contribution in [-0.4, -0.2) is 36.3 Å². The monoisotopic (exact) mass is 313 g/mol. The van der Waals surface area contributed by atoms with Gasteiger partial charge >= 0.3 is 0 Å². The number of hydrogen-bond donors (Lipinski definition) is 0. The van der Waals surface area contributed by atoms with Crippen LogP contribution in [0.1, 0.15) is 30.1 Å². The molecule has 18 heavy (non-hydrogen) atoms. The maximum Gasteiger partial charge on any atom is 0.253 e. The lowest BCUT2D eigenvalue weighted by Crippen LogP contribution is -2.28. The van der Waals surface area contributed by atoms with E-state index in [1.165, 1.54) is 0 Å². The standard InChI is InChI=1S/C14H20BrNO2/c1-3-4-11-18-13-7-5-12(6-8-13)14(17)16(2)10-9-15/h5-8H,3-4,9-11H2,1-2H3. The normalized spacial score (nSPS) is 10.2. The molecule has 0 N–H and O–H groups in total. The van der Waals surface area contributed by atoms with Crippen LogP contribution in [-0.2, 0) is 0 Å². The summed E-state index contributed by atoms with van der Waals surface area (Å²) >= 11 is 3.32. The van der Waals surface area contributed by atoms with Crippen LogP contribution in [0.4, 0.5) is 0 Å². The largest absolute Gasteiger partial charge is 0.494 e. The average molecular weight is 314 g/mol. The summed E-state index contributed by atoms with van der Waals surface area (Å²) in [6.07, 6.45) is 2.17. The van der Waals surface area contributed by atoms with Gasteiger partial charge in [-0.2, -0.15) is 0 Å². The van der Waals surface area contributed by atoms with E-state index in [9.17, 15) is 4.79 Å². The van der Waals surface area contributed by atoms with E-state index in [4.69, 9.17) is 4.74 Å². The van der Waals surface area contributed by atoms with E-state index < -0.39 is 0 Å². The Morgan fingerprint density at radius 2 is 2.00 bits per heavy atom. The molecule has 0 saturated heterocycles. The predicted octanol–water partition coefficient (Wildman–Crippen LogP) is 3.33. The molecule has 1 rings (SSSR count). The lowest BCUT2D eigenvalue weighted by molar-refractivity contribution is 0.0804. The van der Waals surface area contributed by atoms with Gasteiger partial charge in [-0.3, -0.25) is 4.79 Å². The lowest BCUT2D eigenvalue weighted by Gasteiger charge is -2.15. The first-order valence-corrected chi connectivity index (χ1v) is 7.35. The summed E-state index contributed by atoms with van der Waals surface area (Å²) in [5.41, 5.74) is 0.696. The minimum absolute atomic E-state index is 0.0366. The highest BCUT2D eigenvalue weighted by atomic mass is 79.9. The highest BCUT2D eigenvalue weighted by Crippen LogP contribution is 2.14. The third-order valence-corrected chi connectivity index (χ3v) is 2.99. The molecule has 0 fully saturated rings. The van der Waals surface area contributed by atoms with E-state index >= 15 is 0 Å². The van der Waals surface area contributed by atoms with Gasteiger partial charge in [0.05, 0.1) is 6.61 Å². The van der Waals surface area contributed by atoms with E-state index in [0.717, 1.165) is 30.5 Å². The van der Waals surface area contributed by atoms with Crippen LogP contribution >= 0.6 is 15.9 Å². The van der Waals surface area contributed by atoms with Gasteiger partial charge in [0.1, 0.15) is 5.75 Å². The topological polar surface area (TPSA) is 29.5 Å². The van der Waals surface area contributed by atoms with Crippen molar-refractivity contribution in [2.45, 2.75) is 19.8 Å². The molecule has 3 nitrogen and oxygen atoms in total.